The molecule has 2 aromatic rings. The summed E-state index contributed by atoms with van der Waals surface area (Å²) >= 11 is 0. The molecule has 0 radical (unpaired) electrons. The summed E-state index contributed by atoms with van der Waals surface area (Å²) in [5, 5.41) is 12.1. The second-order valence-electron chi connectivity index (χ2n) is 6.77. The SMILES string of the molecule is COc1ccc(OC)c(C(C)NC(=O)N2CCN(c3cc(C#N)ccn3)CC2)c1. The molecule has 8 heteroatoms. The van der Waals surface area contributed by atoms with Gasteiger partial charge in [-0.15, -0.1) is 0 Å². The maximum atomic E-state index is 12.7. The zero-order chi connectivity index (χ0) is 20.8. The number of carbonyl (C=O) groups is 1. The van der Waals surface area contributed by atoms with Crippen LogP contribution in [-0.2, 0) is 0 Å². The summed E-state index contributed by atoms with van der Waals surface area (Å²) in [5.41, 5.74) is 1.44. The first kappa shape index (κ1) is 20.3. The Hall–Kier alpha value is -3.47. The van der Waals surface area contributed by atoms with Crippen molar-refractivity contribution in [3.63, 3.8) is 0 Å². The number of nitrogens with one attached hydrogen (secondary N) is 1. The van der Waals surface area contributed by atoms with E-state index in [1.54, 1.807) is 37.4 Å². The van der Waals surface area contributed by atoms with E-state index < -0.39 is 0 Å². The fraction of sp³-hybridized carbons (Fsp3) is 0.381. The van der Waals surface area contributed by atoms with Gasteiger partial charge < -0.3 is 24.6 Å². The lowest BCUT2D eigenvalue weighted by Gasteiger charge is -2.36. The van der Waals surface area contributed by atoms with Crippen molar-refractivity contribution in [2.75, 3.05) is 45.3 Å². The van der Waals surface area contributed by atoms with Crippen LogP contribution in [0.25, 0.3) is 0 Å². The molecule has 1 aliphatic rings. The van der Waals surface area contributed by atoms with Gasteiger partial charge in [-0.25, -0.2) is 9.78 Å². The third-order valence-electron chi connectivity index (χ3n) is 5.01. The number of carbonyl (C=O) groups excluding carboxylic acids is 1. The Bertz CT molecular complexity index is 903. The van der Waals surface area contributed by atoms with Crippen molar-refractivity contribution in [1.82, 2.24) is 15.2 Å². The Morgan fingerprint density at radius 1 is 1.17 bits per heavy atom. The highest BCUT2D eigenvalue weighted by Gasteiger charge is 2.24. The van der Waals surface area contributed by atoms with Gasteiger partial charge in [0.2, 0.25) is 0 Å². The molecule has 1 aromatic carbocycles. The molecular formula is C21H25N5O3. The predicted molar refractivity (Wildman–Crippen MR) is 109 cm³/mol. The van der Waals surface area contributed by atoms with Crippen LogP contribution in [0, 0.1) is 11.3 Å². The first-order valence-corrected chi connectivity index (χ1v) is 9.44. The molecule has 3 rings (SSSR count). The van der Waals surface area contributed by atoms with Gasteiger partial charge in [0.15, 0.2) is 0 Å². The summed E-state index contributed by atoms with van der Waals surface area (Å²) in [6, 6.07) is 10.7. The summed E-state index contributed by atoms with van der Waals surface area (Å²) in [7, 11) is 3.21. The van der Waals surface area contributed by atoms with Crippen LogP contribution < -0.4 is 19.7 Å². The maximum Gasteiger partial charge on any atom is 0.317 e. The number of aromatic nitrogens is 1. The number of urea groups is 1. The van der Waals surface area contributed by atoms with Crippen molar-refractivity contribution < 1.29 is 14.3 Å². The molecule has 1 N–H and O–H groups in total. The van der Waals surface area contributed by atoms with E-state index in [4.69, 9.17) is 14.7 Å². The minimum Gasteiger partial charge on any atom is -0.497 e. The zero-order valence-electron chi connectivity index (χ0n) is 16.9. The van der Waals surface area contributed by atoms with Crippen LogP contribution in [0.1, 0.15) is 24.1 Å². The minimum atomic E-state index is -0.237. The van der Waals surface area contributed by atoms with Crippen LogP contribution in [0.15, 0.2) is 36.5 Å². The number of nitrogens with zero attached hydrogens (tertiary/aromatic N) is 4. The average Bonchev–Trinajstić information content (AvgIpc) is 2.78. The van der Waals surface area contributed by atoms with E-state index in [1.165, 1.54) is 0 Å². The van der Waals surface area contributed by atoms with E-state index in [-0.39, 0.29) is 12.1 Å². The lowest BCUT2D eigenvalue weighted by molar-refractivity contribution is 0.191. The number of rotatable bonds is 5. The summed E-state index contributed by atoms with van der Waals surface area (Å²) in [6.45, 7) is 4.39. The Morgan fingerprint density at radius 2 is 1.93 bits per heavy atom. The molecule has 0 bridgehead atoms. The molecule has 1 aliphatic heterocycles. The van der Waals surface area contributed by atoms with Crippen LogP contribution >= 0.6 is 0 Å². The molecule has 2 heterocycles. The fourth-order valence-electron chi connectivity index (χ4n) is 3.33. The van der Waals surface area contributed by atoms with Gasteiger partial charge in [-0.2, -0.15) is 5.26 Å². The second kappa shape index (κ2) is 9.15. The number of nitriles is 1. The van der Waals surface area contributed by atoms with Crippen LogP contribution in [0.3, 0.4) is 0 Å². The second-order valence-corrected chi connectivity index (χ2v) is 6.77. The highest BCUT2D eigenvalue weighted by molar-refractivity contribution is 5.75. The van der Waals surface area contributed by atoms with Gasteiger partial charge in [-0.1, -0.05) is 0 Å². The number of hydrogen-bond acceptors (Lipinski definition) is 6. The number of pyridine rings is 1. The smallest absolute Gasteiger partial charge is 0.317 e. The third-order valence-corrected chi connectivity index (χ3v) is 5.01. The zero-order valence-corrected chi connectivity index (χ0v) is 16.9. The quantitative estimate of drug-likeness (QED) is 0.837. The van der Waals surface area contributed by atoms with Crippen LogP contribution in [0.2, 0.25) is 0 Å². The molecule has 1 atom stereocenters. The van der Waals surface area contributed by atoms with Gasteiger partial charge in [-0.05, 0) is 37.3 Å². The molecular weight excluding hydrogens is 370 g/mol. The highest BCUT2D eigenvalue weighted by atomic mass is 16.5. The highest BCUT2D eigenvalue weighted by Crippen LogP contribution is 2.29. The first-order chi connectivity index (χ1) is 14.0. The van der Waals surface area contributed by atoms with Crippen molar-refractivity contribution in [3.05, 3.63) is 47.7 Å². The summed E-state index contributed by atoms with van der Waals surface area (Å²) in [5.74, 6) is 2.17. The summed E-state index contributed by atoms with van der Waals surface area (Å²) in [6.07, 6.45) is 1.64. The van der Waals surface area contributed by atoms with E-state index in [9.17, 15) is 4.79 Å². The van der Waals surface area contributed by atoms with Crippen molar-refractivity contribution in [2.24, 2.45) is 0 Å². The van der Waals surface area contributed by atoms with Crippen molar-refractivity contribution in [2.45, 2.75) is 13.0 Å². The molecule has 0 saturated carbocycles. The number of piperazine rings is 1. The van der Waals surface area contributed by atoms with Crippen LogP contribution in [0.4, 0.5) is 10.6 Å². The van der Waals surface area contributed by atoms with Crippen LogP contribution in [0.5, 0.6) is 11.5 Å². The molecule has 29 heavy (non-hydrogen) atoms. The molecule has 0 aliphatic carbocycles. The van der Waals surface area contributed by atoms with E-state index >= 15 is 0 Å². The average molecular weight is 395 g/mol. The molecule has 1 unspecified atom stereocenters. The number of ether oxygens (including phenoxy) is 2. The number of benzene rings is 1. The molecule has 2 amide bonds. The van der Waals surface area contributed by atoms with Crippen molar-refractivity contribution in [1.29, 1.82) is 5.26 Å². The predicted octanol–water partition coefficient (Wildman–Crippen LogP) is 2.56. The van der Waals surface area contributed by atoms with Crippen LogP contribution in [-0.4, -0.2) is 56.3 Å². The molecule has 152 valence electrons. The summed E-state index contributed by atoms with van der Waals surface area (Å²) in [4.78, 5) is 20.9. The monoisotopic (exact) mass is 395 g/mol. The number of hydrogen-bond donors (Lipinski definition) is 1. The van der Waals surface area contributed by atoms with E-state index in [0.717, 1.165) is 11.4 Å². The van der Waals surface area contributed by atoms with Crippen molar-refractivity contribution in [3.8, 4) is 17.6 Å². The minimum absolute atomic E-state index is 0.124. The Kier molecular flexibility index (Phi) is 6.39. The molecule has 1 saturated heterocycles. The van der Waals surface area contributed by atoms with Gasteiger partial charge >= 0.3 is 6.03 Å². The van der Waals surface area contributed by atoms with Gasteiger partial charge in [-0.3, -0.25) is 0 Å². The molecule has 8 nitrogen and oxygen atoms in total. The fourth-order valence-corrected chi connectivity index (χ4v) is 3.33. The van der Waals surface area contributed by atoms with Crippen molar-refractivity contribution >= 4 is 11.8 Å². The van der Waals surface area contributed by atoms with E-state index in [1.807, 2.05) is 25.1 Å². The topological polar surface area (TPSA) is 90.7 Å². The van der Waals surface area contributed by atoms with E-state index in [2.05, 4.69) is 21.3 Å². The first-order valence-electron chi connectivity index (χ1n) is 9.44. The lowest BCUT2D eigenvalue weighted by atomic mass is 10.1. The molecule has 1 fully saturated rings. The number of anilines is 1. The number of methoxy groups -OCH3 is 2. The maximum absolute atomic E-state index is 12.7. The van der Waals surface area contributed by atoms with Gasteiger partial charge in [0.25, 0.3) is 0 Å². The Labute approximate surface area is 170 Å². The number of amides is 2. The largest absolute Gasteiger partial charge is 0.497 e. The van der Waals surface area contributed by atoms with Gasteiger partial charge in [0.05, 0.1) is 31.9 Å². The van der Waals surface area contributed by atoms with E-state index in [0.29, 0.717) is 43.2 Å². The Balaban J connectivity index is 1.60. The standard InChI is InChI=1S/C21H25N5O3/c1-15(18-13-17(28-2)4-5-19(18)29-3)24-21(27)26-10-8-25(9-11-26)20-12-16(14-22)6-7-23-20/h4-7,12-13,15H,8-11H2,1-3H3,(H,24,27). The summed E-state index contributed by atoms with van der Waals surface area (Å²) < 4.78 is 10.7. The lowest BCUT2D eigenvalue weighted by Crippen LogP contribution is -2.52. The van der Waals surface area contributed by atoms with Gasteiger partial charge in [0.1, 0.15) is 17.3 Å². The normalized spacial score (nSPS) is 14.7. The third kappa shape index (κ3) is 4.69. The molecule has 0 spiro atoms. The van der Waals surface area contributed by atoms with Gasteiger partial charge in [0, 0.05) is 37.9 Å². The molecule has 1 aromatic heterocycles. The Morgan fingerprint density at radius 3 is 2.59 bits per heavy atom.